The second-order valence-corrected chi connectivity index (χ2v) is 5.74. The predicted molar refractivity (Wildman–Crippen MR) is 82.9 cm³/mol. The number of carbonyl (C=O) groups excluding carboxylic acids is 1. The number of anilines is 2. The van der Waals surface area contributed by atoms with E-state index in [2.05, 4.69) is 10.4 Å². The number of aryl methyl sites for hydroxylation is 1. The Bertz CT molecular complexity index is 656. The summed E-state index contributed by atoms with van der Waals surface area (Å²) in [5.74, 6) is 0.536. The van der Waals surface area contributed by atoms with Crippen molar-refractivity contribution in [1.29, 1.82) is 0 Å². The molecule has 1 aromatic carbocycles. The lowest BCUT2D eigenvalue weighted by Gasteiger charge is -2.20. The number of nitrogen functional groups attached to an aromatic ring is 1. The second-order valence-electron chi connectivity index (χ2n) is 5.74. The molecule has 0 radical (unpaired) electrons. The number of nitrogens with zero attached hydrogens (tertiary/aromatic N) is 2. The van der Waals surface area contributed by atoms with Crippen molar-refractivity contribution in [2.75, 3.05) is 11.1 Å². The van der Waals surface area contributed by atoms with Crippen LogP contribution in [0.4, 0.5) is 16.3 Å². The molecule has 0 bridgehead atoms. The van der Waals surface area contributed by atoms with Gasteiger partial charge in [0.2, 0.25) is 0 Å². The van der Waals surface area contributed by atoms with Crippen molar-refractivity contribution < 1.29 is 9.53 Å². The molecule has 0 aliphatic carbocycles. The van der Waals surface area contributed by atoms with Gasteiger partial charge in [0.25, 0.3) is 0 Å². The fourth-order valence-electron chi connectivity index (χ4n) is 1.90. The largest absolute Gasteiger partial charge is 0.444 e. The van der Waals surface area contributed by atoms with E-state index >= 15 is 0 Å². The molecule has 0 spiro atoms. The van der Waals surface area contributed by atoms with Gasteiger partial charge in [-0.25, -0.2) is 4.79 Å². The third-order valence-electron chi connectivity index (χ3n) is 2.84. The minimum absolute atomic E-state index is 0.502. The van der Waals surface area contributed by atoms with Crippen LogP contribution >= 0.6 is 0 Å². The van der Waals surface area contributed by atoms with E-state index < -0.39 is 11.7 Å². The second kappa shape index (κ2) is 5.47. The number of rotatable bonds is 2. The van der Waals surface area contributed by atoms with Gasteiger partial charge in [-0.2, -0.15) is 5.10 Å². The minimum atomic E-state index is -0.549. The summed E-state index contributed by atoms with van der Waals surface area (Å²) in [6.07, 6.45) is 1.17. The van der Waals surface area contributed by atoms with Crippen LogP contribution in [0, 0.1) is 0 Å². The summed E-state index contributed by atoms with van der Waals surface area (Å²) < 4.78 is 6.85. The highest BCUT2D eigenvalue weighted by molar-refractivity contribution is 5.93. The van der Waals surface area contributed by atoms with Gasteiger partial charge < -0.3 is 10.5 Å². The fourth-order valence-corrected chi connectivity index (χ4v) is 1.90. The molecule has 112 valence electrons. The zero-order valence-electron chi connectivity index (χ0n) is 12.7. The first-order chi connectivity index (χ1) is 9.78. The summed E-state index contributed by atoms with van der Waals surface area (Å²) in [6.45, 7) is 5.45. The Morgan fingerprint density at radius 3 is 2.52 bits per heavy atom. The van der Waals surface area contributed by atoms with Crippen LogP contribution in [0.1, 0.15) is 20.8 Å². The number of benzene rings is 1. The molecule has 0 saturated carbocycles. The highest BCUT2D eigenvalue weighted by Gasteiger charge is 2.18. The molecule has 1 aromatic heterocycles. The first-order valence-corrected chi connectivity index (χ1v) is 6.65. The predicted octanol–water partition coefficient (Wildman–Crippen LogP) is 3.02. The summed E-state index contributed by atoms with van der Waals surface area (Å²) in [7, 11) is 1.77. The lowest BCUT2D eigenvalue weighted by molar-refractivity contribution is 0.0636. The topological polar surface area (TPSA) is 82.2 Å². The molecule has 0 saturated heterocycles. The van der Waals surface area contributed by atoms with Gasteiger partial charge in [0.1, 0.15) is 11.4 Å². The Hall–Kier alpha value is -2.50. The maximum Gasteiger partial charge on any atom is 0.412 e. The minimum Gasteiger partial charge on any atom is -0.444 e. The number of aromatic nitrogens is 2. The fraction of sp³-hybridized carbons (Fsp3) is 0.333. The lowest BCUT2D eigenvalue weighted by Crippen LogP contribution is -2.27. The number of hydrogen-bond acceptors (Lipinski definition) is 4. The van der Waals surface area contributed by atoms with Gasteiger partial charge >= 0.3 is 6.09 Å². The van der Waals surface area contributed by atoms with Crippen molar-refractivity contribution >= 4 is 17.6 Å². The summed E-state index contributed by atoms with van der Waals surface area (Å²) in [5.41, 5.74) is 7.64. The van der Waals surface area contributed by atoms with Crippen molar-refractivity contribution in [3.8, 4) is 11.1 Å². The molecule has 2 rings (SSSR count). The van der Waals surface area contributed by atoms with Crippen LogP contribution in [-0.4, -0.2) is 21.5 Å². The SMILES string of the molecule is Cn1ncc(-c2ccccc2NC(=O)OC(C)(C)C)c1N. The summed E-state index contributed by atoms with van der Waals surface area (Å²) in [4.78, 5) is 11.9. The van der Waals surface area contributed by atoms with Crippen molar-refractivity contribution in [3.63, 3.8) is 0 Å². The highest BCUT2D eigenvalue weighted by atomic mass is 16.6. The smallest absolute Gasteiger partial charge is 0.412 e. The summed E-state index contributed by atoms with van der Waals surface area (Å²) >= 11 is 0. The van der Waals surface area contributed by atoms with E-state index in [0.717, 1.165) is 11.1 Å². The zero-order chi connectivity index (χ0) is 15.6. The third kappa shape index (κ3) is 3.53. The van der Waals surface area contributed by atoms with Crippen LogP contribution in [0.3, 0.4) is 0 Å². The number of hydrogen-bond donors (Lipinski definition) is 2. The first-order valence-electron chi connectivity index (χ1n) is 6.65. The monoisotopic (exact) mass is 288 g/mol. The normalized spacial score (nSPS) is 11.2. The van der Waals surface area contributed by atoms with Crippen molar-refractivity contribution in [2.24, 2.45) is 7.05 Å². The van der Waals surface area contributed by atoms with E-state index in [1.54, 1.807) is 24.0 Å². The average Bonchev–Trinajstić information content (AvgIpc) is 2.68. The average molecular weight is 288 g/mol. The van der Waals surface area contributed by atoms with E-state index in [0.29, 0.717) is 11.5 Å². The number of carbonyl (C=O) groups is 1. The highest BCUT2D eigenvalue weighted by Crippen LogP contribution is 2.31. The van der Waals surface area contributed by atoms with Crippen LogP contribution in [0.5, 0.6) is 0 Å². The maximum atomic E-state index is 11.9. The molecule has 3 N–H and O–H groups in total. The van der Waals surface area contributed by atoms with Gasteiger partial charge in [0, 0.05) is 18.2 Å². The number of nitrogens with two attached hydrogens (primary N) is 1. The molecular weight excluding hydrogens is 268 g/mol. The van der Waals surface area contributed by atoms with Crippen LogP contribution in [-0.2, 0) is 11.8 Å². The molecule has 0 atom stereocenters. The first kappa shape index (κ1) is 14.9. The van der Waals surface area contributed by atoms with Gasteiger partial charge in [-0.3, -0.25) is 10.00 Å². The van der Waals surface area contributed by atoms with Gasteiger partial charge in [-0.15, -0.1) is 0 Å². The summed E-state index contributed by atoms with van der Waals surface area (Å²) in [6, 6.07) is 7.39. The molecule has 2 aromatic rings. The Morgan fingerprint density at radius 1 is 1.29 bits per heavy atom. The molecular formula is C15H20N4O2. The molecule has 1 amide bonds. The zero-order valence-corrected chi connectivity index (χ0v) is 12.7. The Morgan fingerprint density at radius 2 is 1.95 bits per heavy atom. The van der Waals surface area contributed by atoms with E-state index in [-0.39, 0.29) is 0 Å². The van der Waals surface area contributed by atoms with Crippen molar-refractivity contribution in [3.05, 3.63) is 30.5 Å². The van der Waals surface area contributed by atoms with E-state index in [9.17, 15) is 4.79 Å². The number of nitrogens with one attached hydrogen (secondary N) is 1. The molecule has 0 aliphatic rings. The van der Waals surface area contributed by atoms with Crippen LogP contribution < -0.4 is 11.1 Å². The number of ether oxygens (including phenoxy) is 1. The van der Waals surface area contributed by atoms with Gasteiger partial charge in [0.05, 0.1) is 11.9 Å². The van der Waals surface area contributed by atoms with E-state index in [1.165, 1.54) is 0 Å². The van der Waals surface area contributed by atoms with E-state index in [4.69, 9.17) is 10.5 Å². The van der Waals surface area contributed by atoms with Crippen LogP contribution in [0.15, 0.2) is 30.5 Å². The molecule has 6 heteroatoms. The molecule has 0 unspecified atom stereocenters. The lowest BCUT2D eigenvalue weighted by atomic mass is 10.1. The van der Waals surface area contributed by atoms with Gasteiger partial charge in [-0.1, -0.05) is 18.2 Å². The Kier molecular flexibility index (Phi) is 3.88. The summed E-state index contributed by atoms with van der Waals surface area (Å²) in [5, 5.41) is 6.87. The van der Waals surface area contributed by atoms with Gasteiger partial charge in [0.15, 0.2) is 0 Å². The molecule has 0 fully saturated rings. The number of para-hydroxylation sites is 1. The Labute approximate surface area is 123 Å². The molecule has 1 heterocycles. The third-order valence-corrected chi connectivity index (χ3v) is 2.84. The Balaban J connectivity index is 2.30. The molecule has 6 nitrogen and oxygen atoms in total. The van der Waals surface area contributed by atoms with Crippen molar-refractivity contribution in [2.45, 2.75) is 26.4 Å². The molecule has 21 heavy (non-hydrogen) atoms. The standard InChI is InChI=1S/C15H20N4O2/c1-15(2,3)21-14(20)18-12-8-6-5-7-10(12)11-9-17-19(4)13(11)16/h5-9H,16H2,1-4H3,(H,18,20). The molecule has 0 aliphatic heterocycles. The van der Waals surface area contributed by atoms with Crippen LogP contribution in [0.25, 0.3) is 11.1 Å². The van der Waals surface area contributed by atoms with Crippen LogP contribution in [0.2, 0.25) is 0 Å². The van der Waals surface area contributed by atoms with Gasteiger partial charge in [-0.05, 0) is 26.8 Å². The number of amides is 1. The van der Waals surface area contributed by atoms with E-state index in [1.807, 2.05) is 39.0 Å². The maximum absolute atomic E-state index is 11.9. The van der Waals surface area contributed by atoms with Crippen molar-refractivity contribution in [1.82, 2.24) is 9.78 Å². The quantitative estimate of drug-likeness (QED) is 0.890.